The maximum Gasteiger partial charge on any atom is 0.247 e. The smallest absolute Gasteiger partial charge is 0.247 e. The van der Waals surface area contributed by atoms with Crippen LogP contribution >= 0.6 is 0 Å². The summed E-state index contributed by atoms with van der Waals surface area (Å²) in [5.74, 6) is -0.501. The van der Waals surface area contributed by atoms with Crippen molar-refractivity contribution in [3.63, 3.8) is 0 Å². The number of carbonyl (C=O) groups excluding carboxylic acids is 1. The molecule has 2 unspecified atom stereocenters. The quantitative estimate of drug-likeness (QED) is 0.803. The highest BCUT2D eigenvalue weighted by atomic mass is 19.1. The van der Waals surface area contributed by atoms with Crippen LogP contribution < -0.4 is 15.5 Å². The van der Waals surface area contributed by atoms with Crippen LogP contribution in [0.3, 0.4) is 0 Å². The summed E-state index contributed by atoms with van der Waals surface area (Å²) in [4.78, 5) is 16.7. The fraction of sp³-hybridized carbons (Fsp3) is 0.435. The van der Waals surface area contributed by atoms with Gasteiger partial charge in [0.05, 0.1) is 6.54 Å². The Hall–Kier alpha value is -2.67. The largest absolute Gasteiger partial charge is 0.373 e. The van der Waals surface area contributed by atoms with Gasteiger partial charge >= 0.3 is 0 Å². The second kappa shape index (κ2) is 8.22. The monoisotopic (exact) mass is 414 g/mol. The summed E-state index contributed by atoms with van der Waals surface area (Å²) >= 11 is 0. The summed E-state index contributed by atoms with van der Waals surface area (Å²) in [6.07, 6.45) is 0.141. The summed E-state index contributed by atoms with van der Waals surface area (Å²) in [5, 5.41) is 6.07. The Bertz CT molecular complexity index is 918. The molecule has 0 bridgehead atoms. The third-order valence-electron chi connectivity index (χ3n) is 6.16. The van der Waals surface area contributed by atoms with Crippen LogP contribution in [0.5, 0.6) is 0 Å². The van der Waals surface area contributed by atoms with Crippen LogP contribution in [0.1, 0.15) is 17.5 Å². The molecule has 7 heteroatoms. The Morgan fingerprint density at radius 3 is 2.77 bits per heavy atom. The number of anilines is 3. The Balaban J connectivity index is 1.42. The summed E-state index contributed by atoms with van der Waals surface area (Å²) in [5.41, 5.74) is 3.73. The van der Waals surface area contributed by atoms with Crippen LogP contribution in [0.2, 0.25) is 0 Å². The Kier molecular flexibility index (Phi) is 5.64. The van der Waals surface area contributed by atoms with Crippen molar-refractivity contribution in [2.45, 2.75) is 38.0 Å². The molecule has 3 atom stereocenters. The molecule has 2 N–H and O–H groups in total. The van der Waals surface area contributed by atoms with Crippen LogP contribution in [0.25, 0.3) is 0 Å². The molecule has 5 nitrogen and oxygen atoms in total. The van der Waals surface area contributed by atoms with Crippen LogP contribution in [0.15, 0.2) is 36.4 Å². The lowest BCUT2D eigenvalue weighted by Gasteiger charge is -2.39. The minimum atomic E-state index is -0.925. The first-order chi connectivity index (χ1) is 14.3. The Labute approximate surface area is 176 Å². The number of nitrogens with one attached hydrogen (secondary N) is 2. The van der Waals surface area contributed by atoms with E-state index in [0.717, 1.165) is 24.2 Å². The maximum atomic E-state index is 14.6. The average molecular weight is 415 g/mol. The SMILES string of the molecule is Cc1ccc(F)c2c1NC(C(=O)Nc1cccc(N3CCC(N(C)C)[C@H](F)C3)c1)C2. The van der Waals surface area contributed by atoms with E-state index in [0.29, 0.717) is 29.9 Å². The molecule has 2 aromatic rings. The van der Waals surface area contributed by atoms with Crippen molar-refractivity contribution in [1.82, 2.24) is 4.90 Å². The number of amides is 1. The molecule has 2 heterocycles. The van der Waals surface area contributed by atoms with Crippen LogP contribution in [-0.2, 0) is 11.2 Å². The second-order valence-electron chi connectivity index (χ2n) is 8.44. The first-order valence-electron chi connectivity index (χ1n) is 10.3. The van der Waals surface area contributed by atoms with Crippen molar-refractivity contribution < 1.29 is 13.6 Å². The highest BCUT2D eigenvalue weighted by molar-refractivity contribution is 5.98. The van der Waals surface area contributed by atoms with Gasteiger partial charge in [0.15, 0.2) is 0 Å². The maximum absolute atomic E-state index is 14.6. The van der Waals surface area contributed by atoms with Gasteiger partial charge in [-0.2, -0.15) is 0 Å². The lowest BCUT2D eigenvalue weighted by atomic mass is 10.0. The number of nitrogens with zero attached hydrogens (tertiary/aromatic N) is 2. The zero-order valence-corrected chi connectivity index (χ0v) is 17.6. The predicted octanol–water partition coefficient (Wildman–Crippen LogP) is 3.59. The number of piperidine rings is 1. The molecule has 1 fully saturated rings. The predicted molar refractivity (Wildman–Crippen MR) is 117 cm³/mol. The summed E-state index contributed by atoms with van der Waals surface area (Å²) in [6.45, 7) is 2.99. The first-order valence-corrected chi connectivity index (χ1v) is 10.3. The van der Waals surface area contributed by atoms with Gasteiger partial charge in [-0.25, -0.2) is 8.78 Å². The van der Waals surface area contributed by atoms with E-state index in [-0.39, 0.29) is 17.8 Å². The van der Waals surface area contributed by atoms with E-state index in [2.05, 4.69) is 10.6 Å². The van der Waals surface area contributed by atoms with Crippen molar-refractivity contribution in [1.29, 1.82) is 0 Å². The lowest BCUT2D eigenvalue weighted by molar-refractivity contribution is -0.116. The second-order valence-corrected chi connectivity index (χ2v) is 8.44. The first kappa shape index (κ1) is 20.6. The van der Waals surface area contributed by atoms with Gasteiger partial charge in [0, 0.05) is 41.6 Å². The van der Waals surface area contributed by atoms with Crippen LogP contribution in [0, 0.1) is 12.7 Å². The normalized spacial score (nSPS) is 23.3. The number of hydrogen-bond donors (Lipinski definition) is 2. The molecule has 4 rings (SSSR count). The number of aryl methyl sites for hydroxylation is 1. The molecule has 0 radical (unpaired) electrons. The number of hydrogen-bond acceptors (Lipinski definition) is 4. The van der Waals surface area contributed by atoms with E-state index in [1.54, 1.807) is 6.07 Å². The molecule has 1 saturated heterocycles. The fourth-order valence-corrected chi connectivity index (χ4v) is 4.45. The standard InChI is InChI=1S/C23H28F2N4O/c1-14-7-8-18(24)17-12-20(27-22(14)17)23(30)26-15-5-4-6-16(11-15)29-10-9-21(28(2)3)19(25)13-29/h4-8,11,19-21,27H,9-10,12-13H2,1-3H3,(H,26,30)/t19-,20?,21?/m1/s1. The van der Waals surface area contributed by atoms with Crippen molar-refractivity contribution in [3.05, 3.63) is 53.3 Å². The van der Waals surface area contributed by atoms with Crippen molar-refractivity contribution in [3.8, 4) is 0 Å². The summed E-state index contributed by atoms with van der Waals surface area (Å²) in [7, 11) is 3.82. The van der Waals surface area contributed by atoms with Crippen LogP contribution in [-0.4, -0.2) is 56.2 Å². The number of alkyl halides is 1. The van der Waals surface area contributed by atoms with E-state index in [1.165, 1.54) is 6.07 Å². The zero-order chi connectivity index (χ0) is 21.4. The third-order valence-corrected chi connectivity index (χ3v) is 6.16. The van der Waals surface area contributed by atoms with E-state index >= 15 is 0 Å². The van der Waals surface area contributed by atoms with Gasteiger partial charge in [-0.15, -0.1) is 0 Å². The van der Waals surface area contributed by atoms with E-state index in [4.69, 9.17) is 0 Å². The molecule has 0 aromatic heterocycles. The molecule has 0 saturated carbocycles. The average Bonchev–Trinajstić information content (AvgIpc) is 3.18. The number of halogens is 2. The topological polar surface area (TPSA) is 47.6 Å². The highest BCUT2D eigenvalue weighted by Gasteiger charge is 2.32. The number of rotatable bonds is 4. The molecule has 0 aliphatic carbocycles. The van der Waals surface area contributed by atoms with Crippen molar-refractivity contribution in [2.24, 2.45) is 0 Å². The molecule has 2 aromatic carbocycles. The van der Waals surface area contributed by atoms with Crippen molar-refractivity contribution >= 4 is 23.0 Å². The molecule has 2 aliphatic rings. The van der Waals surface area contributed by atoms with Gasteiger partial charge in [-0.05, 0) is 57.3 Å². The molecular weight excluding hydrogens is 386 g/mol. The third kappa shape index (κ3) is 3.99. The summed E-state index contributed by atoms with van der Waals surface area (Å²) in [6, 6.07) is 10.0. The fourth-order valence-electron chi connectivity index (χ4n) is 4.45. The molecule has 1 amide bonds. The molecule has 2 aliphatic heterocycles. The molecule has 30 heavy (non-hydrogen) atoms. The molecule has 160 valence electrons. The van der Waals surface area contributed by atoms with E-state index < -0.39 is 12.2 Å². The van der Waals surface area contributed by atoms with Crippen LogP contribution in [0.4, 0.5) is 25.8 Å². The van der Waals surface area contributed by atoms with E-state index in [1.807, 2.05) is 55.1 Å². The molecule has 0 spiro atoms. The Morgan fingerprint density at radius 1 is 1.27 bits per heavy atom. The van der Waals surface area contributed by atoms with Gasteiger partial charge in [-0.1, -0.05) is 12.1 Å². The van der Waals surface area contributed by atoms with E-state index in [9.17, 15) is 13.6 Å². The van der Waals surface area contributed by atoms with Gasteiger partial charge in [0.2, 0.25) is 5.91 Å². The Morgan fingerprint density at radius 2 is 2.07 bits per heavy atom. The zero-order valence-electron chi connectivity index (χ0n) is 17.6. The van der Waals surface area contributed by atoms with Gasteiger partial charge in [0.1, 0.15) is 18.0 Å². The van der Waals surface area contributed by atoms with Gasteiger partial charge < -0.3 is 20.4 Å². The number of benzene rings is 2. The highest BCUT2D eigenvalue weighted by Crippen LogP contribution is 2.32. The summed E-state index contributed by atoms with van der Waals surface area (Å²) < 4.78 is 28.6. The number of carbonyl (C=O) groups is 1. The molecular formula is C23H28F2N4O. The minimum Gasteiger partial charge on any atom is -0.373 e. The lowest BCUT2D eigenvalue weighted by Crippen LogP contribution is -2.50. The van der Waals surface area contributed by atoms with Crippen molar-refractivity contribution in [2.75, 3.05) is 42.7 Å². The van der Waals surface area contributed by atoms with Gasteiger partial charge in [0.25, 0.3) is 0 Å². The van der Waals surface area contributed by atoms with Gasteiger partial charge in [-0.3, -0.25) is 4.79 Å². The number of fused-ring (bicyclic) bond motifs is 1. The minimum absolute atomic E-state index is 0.0666.